The zero-order valence-corrected chi connectivity index (χ0v) is 8.93. The molecule has 1 N–H and O–H groups in total. The average Bonchev–Trinajstić information content (AvgIpc) is 2.34. The highest BCUT2D eigenvalue weighted by molar-refractivity contribution is 7.99. The third kappa shape index (κ3) is 4.94. The predicted octanol–water partition coefficient (Wildman–Crippen LogP) is 2.30. The molecule has 1 rings (SSSR count). The van der Waals surface area contributed by atoms with Gasteiger partial charge in [-0.15, -0.1) is 12.4 Å². The molecular formula is C8H18ClNS. The summed E-state index contributed by atoms with van der Waals surface area (Å²) in [5.74, 6) is 1.30. The van der Waals surface area contributed by atoms with Crippen molar-refractivity contribution in [3.63, 3.8) is 0 Å². The zero-order chi connectivity index (χ0) is 7.40. The van der Waals surface area contributed by atoms with Gasteiger partial charge in [-0.2, -0.15) is 11.8 Å². The first kappa shape index (κ1) is 11.6. The summed E-state index contributed by atoms with van der Waals surface area (Å²) in [5, 5.41) is 4.28. The average molecular weight is 196 g/mol. The van der Waals surface area contributed by atoms with Gasteiger partial charge in [-0.05, 0) is 24.6 Å². The van der Waals surface area contributed by atoms with E-state index < -0.39 is 0 Å². The minimum absolute atomic E-state index is 0. The van der Waals surface area contributed by atoms with E-state index >= 15 is 0 Å². The number of halogens is 1. The van der Waals surface area contributed by atoms with Crippen LogP contribution < -0.4 is 5.32 Å². The van der Waals surface area contributed by atoms with E-state index in [1.807, 2.05) is 0 Å². The third-order valence-electron chi connectivity index (χ3n) is 1.79. The topological polar surface area (TPSA) is 12.0 Å². The Morgan fingerprint density at radius 1 is 1.55 bits per heavy atom. The van der Waals surface area contributed by atoms with E-state index in [1.54, 1.807) is 0 Å². The van der Waals surface area contributed by atoms with Gasteiger partial charge in [0.05, 0.1) is 0 Å². The maximum Gasteiger partial charge on any atom is 0.0158 e. The quantitative estimate of drug-likeness (QED) is 0.742. The number of hydrogen-bond donors (Lipinski definition) is 1. The van der Waals surface area contributed by atoms with Crippen LogP contribution in [0, 0.1) is 0 Å². The van der Waals surface area contributed by atoms with Crippen LogP contribution in [0.2, 0.25) is 0 Å². The van der Waals surface area contributed by atoms with Crippen molar-refractivity contribution in [2.24, 2.45) is 0 Å². The fraction of sp³-hybridized carbons (Fsp3) is 1.00. The van der Waals surface area contributed by atoms with Crippen LogP contribution >= 0.6 is 24.2 Å². The highest BCUT2D eigenvalue weighted by Crippen LogP contribution is 2.15. The van der Waals surface area contributed by atoms with Gasteiger partial charge in [-0.1, -0.05) is 13.8 Å². The Labute approximate surface area is 80.1 Å². The molecule has 1 aliphatic rings. The second-order valence-corrected chi connectivity index (χ2v) is 4.78. The van der Waals surface area contributed by atoms with Crippen molar-refractivity contribution in [3.8, 4) is 0 Å². The molecule has 3 heteroatoms. The fourth-order valence-corrected chi connectivity index (χ4v) is 2.11. The van der Waals surface area contributed by atoms with Crippen LogP contribution in [0.15, 0.2) is 0 Å². The number of thioether (sulfide) groups is 1. The lowest BCUT2D eigenvalue weighted by Crippen LogP contribution is -2.24. The molecule has 1 nitrogen and oxygen atoms in total. The molecule has 1 fully saturated rings. The van der Waals surface area contributed by atoms with Crippen LogP contribution in [0.3, 0.4) is 0 Å². The molecule has 0 saturated carbocycles. The van der Waals surface area contributed by atoms with E-state index in [0.29, 0.717) is 0 Å². The Bertz CT molecular complexity index is 92.1. The monoisotopic (exact) mass is 195 g/mol. The number of hydrogen-bond acceptors (Lipinski definition) is 2. The molecule has 1 saturated heterocycles. The van der Waals surface area contributed by atoms with Crippen molar-refractivity contribution in [2.45, 2.75) is 38.0 Å². The Morgan fingerprint density at radius 3 is 2.73 bits per heavy atom. The predicted molar refractivity (Wildman–Crippen MR) is 55.9 cm³/mol. The zero-order valence-electron chi connectivity index (χ0n) is 7.30. The van der Waals surface area contributed by atoms with Crippen LogP contribution in [0.4, 0.5) is 0 Å². The largest absolute Gasteiger partial charge is 0.313 e. The summed E-state index contributed by atoms with van der Waals surface area (Å²) in [6.07, 6.45) is 2.77. The van der Waals surface area contributed by atoms with E-state index in [4.69, 9.17) is 0 Å². The van der Waals surface area contributed by atoms with Crippen molar-refractivity contribution in [1.29, 1.82) is 0 Å². The SMILES string of the molecule is CC(C)SCC1CCCN1.Cl. The van der Waals surface area contributed by atoms with Gasteiger partial charge >= 0.3 is 0 Å². The van der Waals surface area contributed by atoms with Gasteiger partial charge < -0.3 is 5.32 Å². The lowest BCUT2D eigenvalue weighted by Gasteiger charge is -2.10. The van der Waals surface area contributed by atoms with Crippen LogP contribution in [0.25, 0.3) is 0 Å². The first-order chi connectivity index (χ1) is 4.79. The van der Waals surface area contributed by atoms with Crippen molar-refractivity contribution in [3.05, 3.63) is 0 Å². The minimum atomic E-state index is 0. The van der Waals surface area contributed by atoms with E-state index in [0.717, 1.165) is 11.3 Å². The van der Waals surface area contributed by atoms with Gasteiger partial charge in [0.1, 0.15) is 0 Å². The Hall–Kier alpha value is 0.600. The van der Waals surface area contributed by atoms with E-state index in [1.165, 1.54) is 25.1 Å². The van der Waals surface area contributed by atoms with Gasteiger partial charge in [-0.3, -0.25) is 0 Å². The van der Waals surface area contributed by atoms with E-state index in [9.17, 15) is 0 Å². The summed E-state index contributed by atoms with van der Waals surface area (Å²) >= 11 is 2.07. The second kappa shape index (κ2) is 6.15. The van der Waals surface area contributed by atoms with Crippen LogP contribution in [-0.4, -0.2) is 23.6 Å². The molecule has 68 valence electrons. The molecule has 1 heterocycles. The molecule has 0 radical (unpaired) electrons. The molecule has 1 unspecified atom stereocenters. The molecule has 0 aromatic heterocycles. The van der Waals surface area contributed by atoms with E-state index in [-0.39, 0.29) is 12.4 Å². The lowest BCUT2D eigenvalue weighted by atomic mass is 10.3. The maximum atomic E-state index is 3.49. The first-order valence-electron chi connectivity index (χ1n) is 4.14. The van der Waals surface area contributed by atoms with Gasteiger partial charge in [0, 0.05) is 11.8 Å². The molecule has 1 atom stereocenters. The molecule has 11 heavy (non-hydrogen) atoms. The first-order valence-corrected chi connectivity index (χ1v) is 5.19. The standard InChI is InChI=1S/C8H17NS.ClH/c1-7(2)10-6-8-4-3-5-9-8;/h7-9H,3-6H2,1-2H3;1H. The lowest BCUT2D eigenvalue weighted by molar-refractivity contribution is 0.673. The highest BCUT2D eigenvalue weighted by Gasteiger charge is 2.13. The van der Waals surface area contributed by atoms with Crippen molar-refractivity contribution >= 4 is 24.2 Å². The number of nitrogens with one attached hydrogen (secondary N) is 1. The Balaban J connectivity index is 0.000001000. The van der Waals surface area contributed by atoms with Gasteiger partial charge in [0.25, 0.3) is 0 Å². The third-order valence-corrected chi connectivity index (χ3v) is 3.05. The van der Waals surface area contributed by atoms with Gasteiger partial charge in [0.15, 0.2) is 0 Å². The van der Waals surface area contributed by atoms with Gasteiger partial charge in [-0.25, -0.2) is 0 Å². The Kier molecular flexibility index (Phi) is 6.49. The molecule has 0 aliphatic carbocycles. The fourth-order valence-electron chi connectivity index (χ4n) is 1.21. The Morgan fingerprint density at radius 2 is 2.27 bits per heavy atom. The summed E-state index contributed by atoms with van der Waals surface area (Å²) in [7, 11) is 0. The second-order valence-electron chi connectivity index (χ2n) is 3.18. The number of rotatable bonds is 3. The smallest absolute Gasteiger partial charge is 0.0158 e. The summed E-state index contributed by atoms with van der Waals surface area (Å²) in [6.45, 7) is 5.77. The summed E-state index contributed by atoms with van der Waals surface area (Å²) in [6, 6.07) is 0.812. The van der Waals surface area contributed by atoms with Crippen LogP contribution in [0.1, 0.15) is 26.7 Å². The van der Waals surface area contributed by atoms with Crippen molar-refractivity contribution in [2.75, 3.05) is 12.3 Å². The summed E-state index contributed by atoms with van der Waals surface area (Å²) in [4.78, 5) is 0. The molecular weight excluding hydrogens is 178 g/mol. The maximum absolute atomic E-state index is 3.49. The molecule has 1 aliphatic heterocycles. The van der Waals surface area contributed by atoms with Gasteiger partial charge in [0.2, 0.25) is 0 Å². The minimum Gasteiger partial charge on any atom is -0.313 e. The van der Waals surface area contributed by atoms with Crippen molar-refractivity contribution in [1.82, 2.24) is 5.32 Å². The molecule has 0 amide bonds. The van der Waals surface area contributed by atoms with Crippen LogP contribution in [-0.2, 0) is 0 Å². The van der Waals surface area contributed by atoms with E-state index in [2.05, 4.69) is 30.9 Å². The molecule has 0 bridgehead atoms. The summed E-state index contributed by atoms with van der Waals surface area (Å²) in [5.41, 5.74) is 0. The molecule has 0 spiro atoms. The highest BCUT2D eigenvalue weighted by atomic mass is 35.5. The summed E-state index contributed by atoms with van der Waals surface area (Å²) < 4.78 is 0. The molecule has 0 aromatic rings. The molecule has 0 aromatic carbocycles. The normalized spacial score (nSPS) is 23.7. The van der Waals surface area contributed by atoms with Crippen molar-refractivity contribution < 1.29 is 0 Å². The van der Waals surface area contributed by atoms with Crippen LogP contribution in [0.5, 0.6) is 0 Å².